The van der Waals surface area contributed by atoms with Crippen LogP contribution in [0.5, 0.6) is 5.88 Å². The Bertz CT molecular complexity index is 672. The van der Waals surface area contributed by atoms with E-state index in [2.05, 4.69) is 29.6 Å². The predicted octanol–water partition coefficient (Wildman–Crippen LogP) is 7.07. The summed E-state index contributed by atoms with van der Waals surface area (Å²) in [5.74, 6) is 0.978. The van der Waals surface area contributed by atoms with E-state index in [1.165, 1.54) is 69.5 Å². The molecule has 1 aliphatic rings. The van der Waals surface area contributed by atoms with E-state index in [1.807, 2.05) is 0 Å². The van der Waals surface area contributed by atoms with E-state index in [1.54, 1.807) is 0 Å². The first-order valence-electron chi connectivity index (χ1n) is 13.7. The molecule has 2 heterocycles. The fourth-order valence-corrected chi connectivity index (χ4v) is 5.23. The molecular formula is C26H48N3O4S+. The highest BCUT2D eigenvalue weighted by Gasteiger charge is 2.36. The third kappa shape index (κ3) is 11.3. The van der Waals surface area contributed by atoms with Crippen LogP contribution in [-0.2, 0) is 9.47 Å². The zero-order valence-corrected chi connectivity index (χ0v) is 22.7. The van der Waals surface area contributed by atoms with Gasteiger partial charge in [0.2, 0.25) is 12.6 Å². The van der Waals surface area contributed by atoms with Gasteiger partial charge in [-0.15, -0.1) is 4.37 Å². The van der Waals surface area contributed by atoms with Crippen molar-refractivity contribution in [2.45, 2.75) is 110 Å². The van der Waals surface area contributed by atoms with Gasteiger partial charge in [-0.1, -0.05) is 78.1 Å². The molecule has 8 heteroatoms. The standard InChI is InChI=1S/C26H48N3O4S/c1-4-6-8-10-11-12-13-15-20-32-26(30)33-22-29(3)18-16-17-23(21-29)24-25(28-34-27-24)31-19-14-9-7-5-2/h23H,4-22H2,1-3H3/q+1. The zero-order valence-electron chi connectivity index (χ0n) is 21.9. The molecule has 1 aromatic rings. The number of nitrogens with zero attached hydrogens (tertiary/aromatic N) is 3. The number of aromatic nitrogens is 2. The first-order chi connectivity index (χ1) is 16.6. The lowest BCUT2D eigenvalue weighted by Crippen LogP contribution is -2.52. The van der Waals surface area contributed by atoms with Crippen LogP contribution in [0.4, 0.5) is 4.79 Å². The molecule has 1 saturated heterocycles. The molecule has 0 saturated carbocycles. The smallest absolute Gasteiger partial charge is 0.476 e. The summed E-state index contributed by atoms with van der Waals surface area (Å²) < 4.78 is 26.4. The number of likely N-dealkylation sites (tertiary alicyclic amines) is 1. The molecular weight excluding hydrogens is 450 g/mol. The van der Waals surface area contributed by atoms with E-state index in [9.17, 15) is 4.79 Å². The van der Waals surface area contributed by atoms with Crippen LogP contribution in [0, 0.1) is 0 Å². The summed E-state index contributed by atoms with van der Waals surface area (Å²) in [6.45, 7) is 7.77. The minimum Gasteiger partial charge on any atom is -0.476 e. The minimum atomic E-state index is -0.546. The second-order valence-corrected chi connectivity index (χ2v) is 10.6. The van der Waals surface area contributed by atoms with Crippen LogP contribution >= 0.6 is 11.7 Å². The van der Waals surface area contributed by atoms with Gasteiger partial charge in [0.15, 0.2) is 0 Å². The van der Waals surface area contributed by atoms with E-state index in [4.69, 9.17) is 14.2 Å². The van der Waals surface area contributed by atoms with Crippen molar-refractivity contribution in [3.8, 4) is 5.88 Å². The molecule has 0 amide bonds. The number of rotatable bonds is 18. The molecule has 0 spiro atoms. The first kappa shape index (κ1) is 28.8. The Morgan fingerprint density at radius 1 is 0.912 bits per heavy atom. The molecule has 196 valence electrons. The van der Waals surface area contributed by atoms with Gasteiger partial charge in [0.25, 0.3) is 0 Å². The third-order valence-corrected chi connectivity index (χ3v) is 7.25. The predicted molar refractivity (Wildman–Crippen MR) is 137 cm³/mol. The van der Waals surface area contributed by atoms with Gasteiger partial charge < -0.3 is 14.2 Å². The van der Waals surface area contributed by atoms with E-state index >= 15 is 0 Å². The Balaban J connectivity index is 1.65. The normalized spacial score (nSPS) is 20.3. The average Bonchev–Trinajstić information content (AvgIpc) is 3.30. The van der Waals surface area contributed by atoms with Gasteiger partial charge in [-0.3, -0.25) is 4.48 Å². The average molecular weight is 499 g/mol. The lowest BCUT2D eigenvalue weighted by Gasteiger charge is -2.39. The molecule has 34 heavy (non-hydrogen) atoms. The number of hydrogen-bond acceptors (Lipinski definition) is 7. The van der Waals surface area contributed by atoms with Crippen molar-refractivity contribution in [2.24, 2.45) is 0 Å². The summed E-state index contributed by atoms with van der Waals surface area (Å²) in [6.07, 6.45) is 16.1. The minimum absolute atomic E-state index is 0.278. The fraction of sp³-hybridized carbons (Fsp3) is 0.885. The van der Waals surface area contributed by atoms with E-state index in [-0.39, 0.29) is 5.92 Å². The maximum absolute atomic E-state index is 12.1. The second kappa shape index (κ2) is 17.1. The van der Waals surface area contributed by atoms with Crippen molar-refractivity contribution in [1.29, 1.82) is 0 Å². The van der Waals surface area contributed by atoms with Gasteiger partial charge in [0, 0.05) is 0 Å². The lowest BCUT2D eigenvalue weighted by molar-refractivity contribution is -0.931. The van der Waals surface area contributed by atoms with Crippen LogP contribution in [0.15, 0.2) is 0 Å². The highest BCUT2D eigenvalue weighted by Crippen LogP contribution is 2.34. The Kier molecular flexibility index (Phi) is 14.5. The molecule has 1 fully saturated rings. The van der Waals surface area contributed by atoms with Crippen molar-refractivity contribution in [1.82, 2.24) is 8.75 Å². The topological polar surface area (TPSA) is 70.5 Å². The van der Waals surface area contributed by atoms with Crippen LogP contribution in [0.2, 0.25) is 0 Å². The van der Waals surface area contributed by atoms with Gasteiger partial charge in [-0.05, 0) is 25.7 Å². The van der Waals surface area contributed by atoms with Crippen LogP contribution < -0.4 is 4.74 Å². The fourth-order valence-electron chi connectivity index (χ4n) is 4.65. The summed E-state index contributed by atoms with van der Waals surface area (Å²) in [5, 5.41) is 0. The maximum Gasteiger partial charge on any atom is 0.512 e. The second-order valence-electron chi connectivity index (χ2n) is 10.1. The van der Waals surface area contributed by atoms with Crippen molar-refractivity contribution in [2.75, 3.05) is 40.1 Å². The molecule has 0 aromatic carbocycles. The molecule has 7 nitrogen and oxygen atoms in total. The largest absolute Gasteiger partial charge is 0.512 e. The number of piperidine rings is 1. The maximum atomic E-state index is 12.1. The highest BCUT2D eigenvalue weighted by atomic mass is 32.1. The summed E-state index contributed by atoms with van der Waals surface area (Å²) in [4.78, 5) is 12.1. The summed E-state index contributed by atoms with van der Waals surface area (Å²) >= 11 is 1.23. The Hall–Kier alpha value is -1.41. The molecule has 2 atom stereocenters. The number of quaternary nitrogens is 1. The van der Waals surface area contributed by atoms with E-state index < -0.39 is 6.16 Å². The number of carbonyl (C=O) groups is 1. The Morgan fingerprint density at radius 3 is 2.29 bits per heavy atom. The van der Waals surface area contributed by atoms with Gasteiger partial charge in [0.1, 0.15) is 5.69 Å². The quantitative estimate of drug-likeness (QED) is 0.122. The van der Waals surface area contributed by atoms with Gasteiger partial charge in [-0.2, -0.15) is 4.37 Å². The number of unbranched alkanes of at least 4 members (excludes halogenated alkanes) is 10. The summed E-state index contributed by atoms with van der Waals surface area (Å²) in [6, 6.07) is 0. The van der Waals surface area contributed by atoms with Crippen molar-refractivity contribution >= 4 is 17.9 Å². The van der Waals surface area contributed by atoms with Crippen molar-refractivity contribution in [3.05, 3.63) is 5.69 Å². The molecule has 2 rings (SSSR count). The Morgan fingerprint density at radius 2 is 1.56 bits per heavy atom. The van der Waals surface area contributed by atoms with Gasteiger partial charge >= 0.3 is 6.16 Å². The lowest BCUT2D eigenvalue weighted by atomic mass is 9.94. The van der Waals surface area contributed by atoms with Gasteiger partial charge in [0.05, 0.1) is 51.0 Å². The molecule has 2 unspecified atom stereocenters. The summed E-state index contributed by atoms with van der Waals surface area (Å²) in [7, 11) is 2.14. The number of carbonyl (C=O) groups excluding carboxylic acids is 1. The van der Waals surface area contributed by atoms with Crippen molar-refractivity contribution in [3.63, 3.8) is 0 Å². The number of ether oxygens (including phenoxy) is 3. The first-order valence-corrected chi connectivity index (χ1v) is 14.4. The number of likely N-dealkylation sites (N-methyl/N-ethyl adjacent to an activating group) is 1. The van der Waals surface area contributed by atoms with Crippen LogP contribution in [0.1, 0.15) is 115 Å². The van der Waals surface area contributed by atoms with Crippen molar-refractivity contribution < 1.29 is 23.5 Å². The van der Waals surface area contributed by atoms with Crippen LogP contribution in [0.25, 0.3) is 0 Å². The third-order valence-electron chi connectivity index (χ3n) is 6.73. The zero-order chi connectivity index (χ0) is 24.5. The summed E-state index contributed by atoms with van der Waals surface area (Å²) in [5.41, 5.74) is 0.974. The number of hydrogen-bond donors (Lipinski definition) is 0. The molecule has 0 radical (unpaired) electrons. The molecule has 0 aliphatic carbocycles. The molecule has 0 N–H and O–H groups in total. The Labute approximate surface area is 211 Å². The van der Waals surface area contributed by atoms with Crippen LogP contribution in [0.3, 0.4) is 0 Å². The molecule has 1 aliphatic heterocycles. The monoisotopic (exact) mass is 498 g/mol. The van der Waals surface area contributed by atoms with E-state index in [0.29, 0.717) is 30.3 Å². The SMILES string of the molecule is CCCCCCCCCCOC(=O)OC[N+]1(C)CCCC(c2nsnc2OCCCCCC)C1. The molecule has 1 aromatic heterocycles. The highest BCUT2D eigenvalue weighted by molar-refractivity contribution is 6.99. The molecule has 0 bridgehead atoms. The van der Waals surface area contributed by atoms with Crippen LogP contribution in [-0.4, -0.2) is 59.5 Å². The van der Waals surface area contributed by atoms with E-state index in [0.717, 1.165) is 50.9 Å². The van der Waals surface area contributed by atoms with Gasteiger partial charge in [-0.25, -0.2) is 4.79 Å².